The van der Waals surface area contributed by atoms with Gasteiger partial charge >= 0.3 is 23.2 Å². The normalized spacial score (nSPS) is 32.9. The van der Waals surface area contributed by atoms with Crippen molar-refractivity contribution in [1.29, 1.82) is 5.41 Å². The molecule has 15 heteroatoms. The first-order valence-electron chi connectivity index (χ1n) is 12.0. The summed E-state index contributed by atoms with van der Waals surface area (Å²) in [6.45, 7) is 2.71. The molecule has 0 spiro atoms. The average Bonchev–Trinajstić information content (AvgIpc) is 2.93. The fourth-order valence-corrected chi connectivity index (χ4v) is 4.23. The van der Waals surface area contributed by atoms with Crippen LogP contribution in [0.3, 0.4) is 0 Å². The molecule has 0 saturated carbocycles. The van der Waals surface area contributed by atoms with Crippen molar-refractivity contribution >= 4 is 11.5 Å². The van der Waals surface area contributed by atoms with Crippen molar-refractivity contribution in [3.8, 4) is 0 Å². The zero-order valence-corrected chi connectivity index (χ0v) is 25.6. The molecule has 2 aliphatic rings. The third kappa shape index (κ3) is 11.9. The maximum absolute atomic E-state index is 10.7. The van der Waals surface area contributed by atoms with Crippen LogP contribution in [0.25, 0.3) is 0 Å². The Labute approximate surface area is 240 Å². The zero-order valence-electron chi connectivity index (χ0n) is 23.1. The molecule has 14 nitrogen and oxygen atoms in total. The van der Waals surface area contributed by atoms with E-state index in [1.165, 1.54) is 14.2 Å². The number of methoxy groups -OCH3 is 3. The van der Waals surface area contributed by atoms with E-state index in [1.54, 1.807) is 25.3 Å². The molecule has 0 aromatic carbocycles. The molecule has 0 bridgehead atoms. The van der Waals surface area contributed by atoms with Crippen LogP contribution in [0.15, 0.2) is 5.18 Å². The van der Waals surface area contributed by atoms with Gasteiger partial charge in [0.2, 0.25) is 6.29 Å². The van der Waals surface area contributed by atoms with Gasteiger partial charge in [0.15, 0.2) is 19.0 Å². The molecule has 0 aromatic heterocycles. The van der Waals surface area contributed by atoms with Crippen molar-refractivity contribution in [1.82, 2.24) is 0 Å². The van der Waals surface area contributed by atoms with Crippen LogP contribution in [0, 0.1) is 30.3 Å². The van der Waals surface area contributed by atoms with Gasteiger partial charge in [0, 0.05) is 40.1 Å². The van der Waals surface area contributed by atoms with Crippen LogP contribution in [0.5, 0.6) is 0 Å². The number of aliphatic hydroxyl groups is 3. The van der Waals surface area contributed by atoms with Crippen LogP contribution in [-0.4, -0.2) is 123 Å². The monoisotopic (exact) mass is 744 g/mol. The smallest absolute Gasteiger partial charge is 0.358 e. The summed E-state index contributed by atoms with van der Waals surface area (Å²) >= 11 is 1.61. The van der Waals surface area contributed by atoms with Gasteiger partial charge in [-0.2, -0.15) is 11.5 Å². The van der Waals surface area contributed by atoms with Gasteiger partial charge in [-0.1, -0.05) is 12.1 Å². The molecule has 39 heavy (non-hydrogen) atoms. The first-order chi connectivity index (χ1) is 18.3. The van der Waals surface area contributed by atoms with Crippen LogP contribution in [0.4, 0.5) is 0 Å². The van der Waals surface area contributed by atoms with E-state index in [0.29, 0.717) is 12.8 Å². The molecule has 0 aliphatic carbocycles. The van der Waals surface area contributed by atoms with Crippen LogP contribution in [0.2, 0.25) is 0 Å². The van der Waals surface area contributed by atoms with E-state index < -0.39 is 55.5 Å². The molecule has 2 rings (SSSR count). The van der Waals surface area contributed by atoms with E-state index in [2.05, 4.69) is 10.2 Å². The molecular formula is C24H44N2O12Os-2. The summed E-state index contributed by atoms with van der Waals surface area (Å²) in [7, 11) is 4.45. The fourth-order valence-electron chi connectivity index (χ4n) is 4.23. The second-order valence-corrected chi connectivity index (χ2v) is 8.76. The number of hydrogen-bond acceptors (Lipinski definition) is 14. The predicted octanol–water partition coefficient (Wildman–Crippen LogP) is 0.709. The van der Waals surface area contributed by atoms with E-state index in [0.717, 1.165) is 6.61 Å². The third-order valence-electron chi connectivity index (χ3n) is 6.35. The molecule has 0 aromatic rings. The van der Waals surface area contributed by atoms with E-state index in [1.807, 2.05) is 6.92 Å². The minimum Gasteiger partial charge on any atom is -0.358 e. The van der Waals surface area contributed by atoms with Crippen molar-refractivity contribution in [3.63, 3.8) is 0 Å². The Morgan fingerprint density at radius 2 is 1.85 bits per heavy atom. The summed E-state index contributed by atoms with van der Waals surface area (Å²) in [5, 5.41) is 43.6. The number of aliphatic hydroxyl groups excluding tert-OH is 3. The summed E-state index contributed by atoms with van der Waals surface area (Å²) in [4.78, 5) is 10.7. The largest absolute Gasteiger partial charge is 0.358 e. The first kappa shape index (κ1) is 38.2. The molecule has 2 saturated heterocycles. The number of hydrogen-bond donors (Lipinski definition) is 4. The Morgan fingerprint density at radius 3 is 2.38 bits per heavy atom. The number of ether oxygens (including phenoxy) is 8. The van der Waals surface area contributed by atoms with Crippen molar-refractivity contribution in [2.45, 2.75) is 87.8 Å². The predicted molar refractivity (Wildman–Crippen MR) is 136 cm³/mol. The second-order valence-electron chi connectivity index (χ2n) is 8.76. The molecule has 4 N–H and O–H groups in total. The van der Waals surface area contributed by atoms with Gasteiger partial charge in [-0.05, 0) is 12.5 Å². The molecule has 0 amide bonds. The van der Waals surface area contributed by atoms with Crippen molar-refractivity contribution in [2.24, 2.45) is 11.1 Å². The molecule has 2 fully saturated rings. The van der Waals surface area contributed by atoms with Gasteiger partial charge in [-0.15, -0.1) is 0 Å². The summed E-state index contributed by atoms with van der Waals surface area (Å²) in [5.41, 5.74) is 0. The summed E-state index contributed by atoms with van der Waals surface area (Å²) in [6, 6.07) is 0. The van der Waals surface area contributed by atoms with Crippen LogP contribution < -0.4 is 0 Å². The number of rotatable bonds is 16. The SMILES string of the molecule is COC(C[C@@H]([CH-]O)OC)C(C)CO[C@@H]1OC(OC=N)[C@@H](O[C@@H]2CC(OC)C(O)C(CN=O)O2)C[C@@H]1O.[CH2]=[Os].[CH3-]. The molecule has 11 atom stereocenters. The van der Waals surface area contributed by atoms with Crippen LogP contribution in [0.1, 0.15) is 26.2 Å². The maximum Gasteiger partial charge on any atom is -0.358 e. The first-order valence-corrected chi connectivity index (χ1v) is 13.8. The van der Waals surface area contributed by atoms with Gasteiger partial charge in [-0.25, -0.2) is 0 Å². The molecule has 2 heterocycles. The number of nitrogens with zero attached hydrogens (tertiary/aromatic N) is 1. The van der Waals surface area contributed by atoms with Gasteiger partial charge in [0.05, 0.1) is 18.8 Å². The van der Waals surface area contributed by atoms with E-state index in [-0.39, 0.29) is 45.4 Å². The molecule has 0 radical (unpaired) electrons. The minimum atomic E-state index is -1.09. The van der Waals surface area contributed by atoms with Crippen molar-refractivity contribution in [3.05, 3.63) is 18.9 Å². The molecule has 232 valence electrons. The number of nitrogens with one attached hydrogen (secondary N) is 1. The Kier molecular flexibility index (Phi) is 20.5. The van der Waals surface area contributed by atoms with Gasteiger partial charge < -0.3 is 60.6 Å². The summed E-state index contributed by atoms with van der Waals surface area (Å²) in [6.07, 6.45) is -7.15. The fraction of sp³-hybridized carbons (Fsp3) is 0.833. The number of nitroso groups, excluding NO2 is 1. The second kappa shape index (κ2) is 21.0. The standard InChI is InChI=1S/C22H39N2O12.CH3.CH2.Os/c1-12(15(30-3)5-13(9-25)29-2)10-32-21-14(26)6-17(22(36-21)33-11-23)34-19-7-16(31-4)20(27)18(35-19)8-24-28;;;/h9,11-23,25-27H,5-8,10H2,1-4H3;1H3;1H2;/q2*-1;;/t12?,13-,14-,15?,16?,17-,18?,19-,20?,21+,22?;;;/m0.../s1. The summed E-state index contributed by atoms with van der Waals surface area (Å²) in [5.74, 6) is -0.143. The van der Waals surface area contributed by atoms with E-state index in [9.17, 15) is 20.2 Å². The topological polar surface area (TPSA) is 188 Å². The van der Waals surface area contributed by atoms with Gasteiger partial charge in [0.1, 0.15) is 31.0 Å². The van der Waals surface area contributed by atoms with Crippen molar-refractivity contribution in [2.75, 3.05) is 34.5 Å². The quantitative estimate of drug-likeness (QED) is 0.0752. The Bertz CT molecular complexity index is 665. The average molecular weight is 743 g/mol. The molecular weight excluding hydrogens is 698 g/mol. The zero-order chi connectivity index (χ0) is 28.7. The molecule has 6 unspecified atom stereocenters. The van der Waals surface area contributed by atoms with Gasteiger partial charge in [0.25, 0.3) is 0 Å². The Balaban J connectivity index is 0.00000470. The van der Waals surface area contributed by atoms with Gasteiger partial charge in [-0.3, -0.25) is 5.41 Å². The van der Waals surface area contributed by atoms with E-state index in [4.69, 9.17) is 43.3 Å². The molecule has 2 aliphatic heterocycles. The van der Waals surface area contributed by atoms with E-state index >= 15 is 0 Å². The Morgan fingerprint density at radius 1 is 1.15 bits per heavy atom. The van der Waals surface area contributed by atoms with Crippen molar-refractivity contribution < 1.29 is 71.4 Å². The van der Waals surface area contributed by atoms with Crippen LogP contribution in [-0.2, 0) is 56.0 Å². The summed E-state index contributed by atoms with van der Waals surface area (Å²) < 4.78 is 44.3. The Hall–Kier alpha value is -0.824. The van der Waals surface area contributed by atoms with Crippen LogP contribution >= 0.6 is 0 Å². The maximum atomic E-state index is 10.7. The minimum absolute atomic E-state index is 0. The third-order valence-corrected chi connectivity index (χ3v) is 6.35.